The summed E-state index contributed by atoms with van der Waals surface area (Å²) in [6.45, 7) is 10.3. The molecule has 0 amide bonds. The number of ether oxygens (including phenoxy) is 1. The number of aliphatic hydroxyl groups is 1. The minimum atomic E-state index is -0.837. The molecule has 3 nitrogen and oxygen atoms in total. The number of hydrogen-bond donors (Lipinski definition) is 1. The maximum atomic E-state index is 11.8. The highest BCUT2D eigenvalue weighted by molar-refractivity contribution is 5.73. The van der Waals surface area contributed by atoms with Gasteiger partial charge in [0.15, 0.2) is 0 Å². The lowest BCUT2D eigenvalue weighted by Gasteiger charge is -2.25. The number of rotatable bonds is 4. The van der Waals surface area contributed by atoms with E-state index in [2.05, 4.69) is 20.8 Å². The van der Waals surface area contributed by atoms with Crippen LogP contribution in [0.15, 0.2) is 24.3 Å². The van der Waals surface area contributed by atoms with E-state index in [1.165, 1.54) is 12.7 Å². The highest BCUT2D eigenvalue weighted by Crippen LogP contribution is 2.31. The van der Waals surface area contributed by atoms with Crippen LogP contribution in [0, 0.1) is 11.8 Å². The van der Waals surface area contributed by atoms with Crippen LogP contribution in [0.2, 0.25) is 0 Å². The normalized spacial score (nSPS) is 15.0. The third kappa shape index (κ3) is 3.83. The molecular weight excluding hydrogens is 252 g/mol. The van der Waals surface area contributed by atoms with Crippen LogP contribution in [-0.4, -0.2) is 18.2 Å². The lowest BCUT2D eigenvalue weighted by Crippen LogP contribution is -2.28. The van der Waals surface area contributed by atoms with Gasteiger partial charge in [0.1, 0.15) is 0 Å². The van der Waals surface area contributed by atoms with Crippen molar-refractivity contribution < 1.29 is 14.6 Å². The SMILES string of the molecule is COC(=O)C(C(C)C)C(O)c1ccc(C(C)(C)C)cc1. The molecule has 0 spiro atoms. The molecule has 0 saturated carbocycles. The summed E-state index contributed by atoms with van der Waals surface area (Å²) in [5.41, 5.74) is 2.03. The predicted molar refractivity (Wildman–Crippen MR) is 80.4 cm³/mol. The summed E-state index contributed by atoms with van der Waals surface area (Å²) in [4.78, 5) is 11.8. The Morgan fingerprint density at radius 1 is 1.15 bits per heavy atom. The molecule has 1 aromatic rings. The number of esters is 1. The van der Waals surface area contributed by atoms with Crippen molar-refractivity contribution in [2.24, 2.45) is 11.8 Å². The van der Waals surface area contributed by atoms with Gasteiger partial charge in [-0.2, -0.15) is 0 Å². The van der Waals surface area contributed by atoms with Gasteiger partial charge in [0.2, 0.25) is 0 Å². The van der Waals surface area contributed by atoms with Crippen LogP contribution in [0.1, 0.15) is 51.8 Å². The lowest BCUT2D eigenvalue weighted by atomic mass is 9.83. The Balaban J connectivity index is 3.01. The molecule has 0 fully saturated rings. The second-order valence-electron chi connectivity index (χ2n) is 6.61. The number of benzene rings is 1. The fraction of sp³-hybridized carbons (Fsp3) is 0.588. The Bertz CT molecular complexity index is 440. The van der Waals surface area contributed by atoms with Crippen molar-refractivity contribution in [1.82, 2.24) is 0 Å². The largest absolute Gasteiger partial charge is 0.469 e. The molecule has 0 radical (unpaired) electrons. The lowest BCUT2D eigenvalue weighted by molar-refractivity contribution is -0.152. The van der Waals surface area contributed by atoms with E-state index in [1.807, 2.05) is 38.1 Å². The third-order valence-corrected chi connectivity index (χ3v) is 3.65. The van der Waals surface area contributed by atoms with Gasteiger partial charge in [0.25, 0.3) is 0 Å². The van der Waals surface area contributed by atoms with E-state index in [0.717, 1.165) is 5.56 Å². The van der Waals surface area contributed by atoms with Crippen molar-refractivity contribution in [3.8, 4) is 0 Å². The number of carbonyl (C=O) groups excluding carboxylic acids is 1. The molecule has 0 aromatic heterocycles. The molecule has 3 heteroatoms. The Kier molecular flexibility index (Phi) is 5.35. The minimum absolute atomic E-state index is 0.0137. The molecule has 1 aromatic carbocycles. The van der Waals surface area contributed by atoms with Gasteiger partial charge in [-0.1, -0.05) is 58.9 Å². The van der Waals surface area contributed by atoms with Crippen molar-refractivity contribution in [2.75, 3.05) is 7.11 Å². The first-order valence-corrected chi connectivity index (χ1v) is 7.04. The molecule has 0 aliphatic carbocycles. The molecule has 1 N–H and O–H groups in total. The molecule has 0 heterocycles. The first-order chi connectivity index (χ1) is 9.18. The molecule has 2 atom stereocenters. The number of carbonyl (C=O) groups is 1. The average Bonchev–Trinajstić information content (AvgIpc) is 2.37. The molecule has 0 bridgehead atoms. The van der Waals surface area contributed by atoms with Gasteiger partial charge in [-0.25, -0.2) is 0 Å². The molecule has 0 aliphatic rings. The summed E-state index contributed by atoms with van der Waals surface area (Å²) in [6.07, 6.45) is -0.837. The van der Waals surface area contributed by atoms with Crippen LogP contribution in [0.25, 0.3) is 0 Å². The molecular formula is C17H26O3. The third-order valence-electron chi connectivity index (χ3n) is 3.65. The quantitative estimate of drug-likeness (QED) is 0.858. The maximum Gasteiger partial charge on any atom is 0.311 e. The van der Waals surface area contributed by atoms with Gasteiger partial charge in [-0.05, 0) is 22.5 Å². The highest BCUT2D eigenvalue weighted by Gasteiger charge is 2.31. The van der Waals surface area contributed by atoms with Gasteiger partial charge in [-0.15, -0.1) is 0 Å². The summed E-state index contributed by atoms with van der Waals surface area (Å²) in [5, 5.41) is 10.4. The molecule has 20 heavy (non-hydrogen) atoms. The van der Waals surface area contributed by atoms with Crippen LogP contribution >= 0.6 is 0 Å². The van der Waals surface area contributed by atoms with E-state index in [0.29, 0.717) is 0 Å². The first-order valence-electron chi connectivity index (χ1n) is 7.04. The van der Waals surface area contributed by atoms with Gasteiger partial charge >= 0.3 is 5.97 Å². The summed E-state index contributed by atoms with van der Waals surface area (Å²) in [5.74, 6) is -0.896. The predicted octanol–water partition coefficient (Wildman–Crippen LogP) is 3.46. The monoisotopic (exact) mass is 278 g/mol. The van der Waals surface area contributed by atoms with Crippen molar-refractivity contribution in [1.29, 1.82) is 0 Å². The Labute approximate surface area is 122 Å². The van der Waals surface area contributed by atoms with E-state index in [9.17, 15) is 9.90 Å². The smallest absolute Gasteiger partial charge is 0.311 e. The van der Waals surface area contributed by atoms with Crippen LogP contribution in [-0.2, 0) is 14.9 Å². The van der Waals surface area contributed by atoms with E-state index in [4.69, 9.17) is 4.74 Å². The highest BCUT2D eigenvalue weighted by atomic mass is 16.5. The zero-order valence-corrected chi connectivity index (χ0v) is 13.3. The maximum absolute atomic E-state index is 11.8. The average molecular weight is 278 g/mol. The number of aliphatic hydroxyl groups excluding tert-OH is 1. The first kappa shape index (κ1) is 16.7. The van der Waals surface area contributed by atoms with Gasteiger partial charge in [0.05, 0.1) is 19.1 Å². The van der Waals surface area contributed by atoms with Gasteiger partial charge < -0.3 is 9.84 Å². The number of methoxy groups -OCH3 is 1. The Hall–Kier alpha value is -1.35. The van der Waals surface area contributed by atoms with Crippen LogP contribution in [0.5, 0.6) is 0 Å². The fourth-order valence-corrected chi connectivity index (χ4v) is 2.29. The summed E-state index contributed by atoms with van der Waals surface area (Å²) in [7, 11) is 1.35. The van der Waals surface area contributed by atoms with Crippen LogP contribution in [0.4, 0.5) is 0 Å². The van der Waals surface area contributed by atoms with Crippen molar-refractivity contribution in [2.45, 2.75) is 46.1 Å². The van der Waals surface area contributed by atoms with E-state index in [-0.39, 0.29) is 17.3 Å². The van der Waals surface area contributed by atoms with Crippen molar-refractivity contribution in [3.63, 3.8) is 0 Å². The molecule has 0 saturated heterocycles. The Morgan fingerprint density at radius 3 is 2.00 bits per heavy atom. The topological polar surface area (TPSA) is 46.5 Å². The zero-order valence-electron chi connectivity index (χ0n) is 13.3. The van der Waals surface area contributed by atoms with E-state index >= 15 is 0 Å². The van der Waals surface area contributed by atoms with Crippen LogP contribution in [0.3, 0.4) is 0 Å². The van der Waals surface area contributed by atoms with Gasteiger partial charge in [0, 0.05) is 0 Å². The molecule has 0 aliphatic heterocycles. The fourth-order valence-electron chi connectivity index (χ4n) is 2.29. The minimum Gasteiger partial charge on any atom is -0.469 e. The molecule has 112 valence electrons. The second-order valence-corrected chi connectivity index (χ2v) is 6.61. The summed E-state index contributed by atoms with van der Waals surface area (Å²) < 4.78 is 4.80. The van der Waals surface area contributed by atoms with Crippen molar-refractivity contribution in [3.05, 3.63) is 35.4 Å². The molecule has 2 unspecified atom stereocenters. The second kappa shape index (κ2) is 6.40. The summed E-state index contributed by atoms with van der Waals surface area (Å²) >= 11 is 0. The standard InChI is InChI=1S/C17H26O3/c1-11(2)14(16(19)20-6)15(18)12-7-9-13(10-8-12)17(3,4)5/h7-11,14-15,18H,1-6H3. The van der Waals surface area contributed by atoms with Gasteiger partial charge in [-0.3, -0.25) is 4.79 Å². The molecule has 1 rings (SSSR count). The van der Waals surface area contributed by atoms with Crippen molar-refractivity contribution >= 4 is 5.97 Å². The van der Waals surface area contributed by atoms with Crippen LogP contribution < -0.4 is 0 Å². The Morgan fingerprint density at radius 2 is 1.65 bits per heavy atom. The number of hydrogen-bond acceptors (Lipinski definition) is 3. The summed E-state index contributed by atoms with van der Waals surface area (Å²) in [6, 6.07) is 7.80. The van der Waals surface area contributed by atoms with E-state index < -0.39 is 12.0 Å². The zero-order chi connectivity index (χ0) is 15.5. The van der Waals surface area contributed by atoms with E-state index in [1.54, 1.807) is 0 Å².